The Bertz CT molecular complexity index is 1540. The van der Waals surface area contributed by atoms with Gasteiger partial charge in [0.1, 0.15) is 6.54 Å². The van der Waals surface area contributed by atoms with Gasteiger partial charge in [-0.05, 0) is 44.4 Å². The van der Waals surface area contributed by atoms with Gasteiger partial charge in [0.15, 0.2) is 5.71 Å². The average molecular weight is 820 g/mol. The molecular formula is C58H95N2+. The molecule has 0 amide bonds. The summed E-state index contributed by atoms with van der Waals surface area (Å²) in [5, 5.41) is 0. The van der Waals surface area contributed by atoms with E-state index in [4.69, 9.17) is 0 Å². The number of allylic oxidation sites excluding steroid dienone is 4. The molecule has 2 heteroatoms. The van der Waals surface area contributed by atoms with Crippen LogP contribution in [0.1, 0.15) is 252 Å². The quantitative estimate of drug-likeness (QED) is 0.0496. The summed E-state index contributed by atoms with van der Waals surface area (Å²) in [6.07, 6.45) is 51.1. The van der Waals surface area contributed by atoms with E-state index >= 15 is 0 Å². The summed E-state index contributed by atoms with van der Waals surface area (Å²) < 4.78 is 2.66. The Morgan fingerprint density at radius 2 is 0.850 bits per heavy atom. The SMILES string of the molecule is CCCCCCCCCCCCCCCCCCN1/C(=C\C=C\C2=[N+](CCCCCCCCCCCCCCCCC)c3ccccc3C2(C)C)C(C)(C)c2ccccc21. The van der Waals surface area contributed by atoms with Crippen molar-refractivity contribution in [3.63, 3.8) is 0 Å². The lowest BCUT2D eigenvalue weighted by molar-refractivity contribution is -0.438. The van der Waals surface area contributed by atoms with Gasteiger partial charge >= 0.3 is 0 Å². The second kappa shape index (κ2) is 28.9. The summed E-state index contributed by atoms with van der Waals surface area (Å²) in [5.74, 6) is 0. The first-order valence-corrected chi connectivity index (χ1v) is 26.3. The van der Waals surface area contributed by atoms with Gasteiger partial charge < -0.3 is 4.90 Å². The lowest BCUT2D eigenvalue weighted by Crippen LogP contribution is -2.28. The van der Waals surface area contributed by atoms with Gasteiger partial charge in [-0.25, -0.2) is 0 Å². The highest BCUT2D eigenvalue weighted by molar-refractivity contribution is 6.03. The van der Waals surface area contributed by atoms with Crippen LogP contribution in [0.3, 0.4) is 0 Å². The fourth-order valence-corrected chi connectivity index (χ4v) is 10.5. The first kappa shape index (κ1) is 50.0. The Hall–Kier alpha value is -2.61. The normalized spacial score (nSPS) is 16.2. The van der Waals surface area contributed by atoms with E-state index < -0.39 is 0 Å². The van der Waals surface area contributed by atoms with Crippen LogP contribution in [0, 0.1) is 0 Å². The van der Waals surface area contributed by atoms with Crippen LogP contribution in [0.5, 0.6) is 0 Å². The van der Waals surface area contributed by atoms with Gasteiger partial charge in [0.2, 0.25) is 5.69 Å². The molecule has 0 aromatic heterocycles. The van der Waals surface area contributed by atoms with Crippen molar-refractivity contribution in [2.75, 3.05) is 18.0 Å². The predicted octanol–water partition coefficient (Wildman–Crippen LogP) is 18.4. The minimum absolute atomic E-state index is 0.0114. The van der Waals surface area contributed by atoms with Crippen molar-refractivity contribution in [3.8, 4) is 0 Å². The van der Waals surface area contributed by atoms with E-state index in [2.05, 4.69) is 118 Å². The Morgan fingerprint density at radius 1 is 0.450 bits per heavy atom. The van der Waals surface area contributed by atoms with E-state index in [0.717, 1.165) is 13.1 Å². The molecule has 0 spiro atoms. The Balaban J connectivity index is 1.24. The highest BCUT2D eigenvalue weighted by Gasteiger charge is 2.44. The Morgan fingerprint density at radius 3 is 1.33 bits per heavy atom. The third-order valence-electron chi connectivity index (χ3n) is 14.3. The molecule has 2 aromatic carbocycles. The molecule has 0 radical (unpaired) electrons. The van der Waals surface area contributed by atoms with Crippen LogP contribution < -0.4 is 4.90 Å². The van der Waals surface area contributed by atoms with Crippen molar-refractivity contribution in [3.05, 3.63) is 83.6 Å². The zero-order valence-electron chi connectivity index (χ0n) is 40.6. The fourth-order valence-electron chi connectivity index (χ4n) is 10.5. The Kier molecular flexibility index (Phi) is 24.1. The molecular weight excluding hydrogens is 725 g/mol. The van der Waals surface area contributed by atoms with Gasteiger partial charge in [0, 0.05) is 47.5 Å². The maximum Gasteiger partial charge on any atom is 0.209 e. The van der Waals surface area contributed by atoms with Crippen molar-refractivity contribution in [1.82, 2.24) is 0 Å². The molecule has 2 aliphatic heterocycles. The zero-order chi connectivity index (χ0) is 42.7. The number of benzene rings is 2. The average Bonchev–Trinajstić information content (AvgIpc) is 3.60. The van der Waals surface area contributed by atoms with E-state index in [0.29, 0.717) is 0 Å². The molecule has 2 aromatic rings. The predicted molar refractivity (Wildman–Crippen MR) is 268 cm³/mol. The molecule has 0 unspecified atom stereocenters. The summed E-state index contributed by atoms with van der Waals surface area (Å²) >= 11 is 0. The number of hydrogen-bond donors (Lipinski definition) is 0. The zero-order valence-corrected chi connectivity index (χ0v) is 40.6. The molecule has 2 heterocycles. The lowest BCUT2D eigenvalue weighted by Gasteiger charge is -2.27. The van der Waals surface area contributed by atoms with Crippen LogP contribution in [0.15, 0.2) is 72.5 Å². The monoisotopic (exact) mass is 820 g/mol. The molecule has 336 valence electrons. The number of para-hydroxylation sites is 2. The van der Waals surface area contributed by atoms with Crippen LogP contribution in [0.2, 0.25) is 0 Å². The van der Waals surface area contributed by atoms with E-state index in [-0.39, 0.29) is 10.8 Å². The maximum atomic E-state index is 2.66. The van der Waals surface area contributed by atoms with Crippen LogP contribution in [-0.2, 0) is 10.8 Å². The van der Waals surface area contributed by atoms with Crippen molar-refractivity contribution < 1.29 is 4.58 Å². The summed E-state index contributed by atoms with van der Waals surface area (Å²) in [7, 11) is 0. The first-order valence-electron chi connectivity index (χ1n) is 26.3. The van der Waals surface area contributed by atoms with Gasteiger partial charge in [-0.2, -0.15) is 4.58 Å². The first-order chi connectivity index (χ1) is 29.3. The van der Waals surface area contributed by atoms with Gasteiger partial charge in [-0.3, -0.25) is 0 Å². The van der Waals surface area contributed by atoms with E-state index in [1.54, 1.807) is 0 Å². The minimum Gasteiger partial charge on any atom is -0.344 e. The molecule has 0 atom stereocenters. The largest absolute Gasteiger partial charge is 0.344 e. The van der Waals surface area contributed by atoms with Gasteiger partial charge in [-0.15, -0.1) is 0 Å². The molecule has 4 rings (SSSR count). The smallest absolute Gasteiger partial charge is 0.209 e. The van der Waals surface area contributed by atoms with Crippen molar-refractivity contribution >= 4 is 17.1 Å². The van der Waals surface area contributed by atoms with Gasteiger partial charge in [0.05, 0.1) is 5.41 Å². The molecule has 0 saturated carbocycles. The second-order valence-electron chi connectivity index (χ2n) is 20.1. The number of rotatable bonds is 35. The molecule has 2 nitrogen and oxygen atoms in total. The van der Waals surface area contributed by atoms with Crippen molar-refractivity contribution in [1.29, 1.82) is 0 Å². The highest BCUT2D eigenvalue weighted by atomic mass is 15.2. The summed E-state index contributed by atoms with van der Waals surface area (Å²) in [6.45, 7) is 16.6. The maximum absolute atomic E-state index is 2.66. The number of unbranched alkanes of at least 4 members (excludes halogenated alkanes) is 29. The molecule has 0 bridgehead atoms. The van der Waals surface area contributed by atoms with Crippen LogP contribution in [0.4, 0.5) is 11.4 Å². The second-order valence-corrected chi connectivity index (χ2v) is 20.1. The number of nitrogens with zero attached hydrogens (tertiary/aromatic N) is 2. The summed E-state index contributed by atoms with van der Waals surface area (Å²) in [5.41, 5.74) is 8.64. The lowest BCUT2D eigenvalue weighted by atomic mass is 9.81. The number of anilines is 1. The molecule has 2 aliphatic rings. The highest BCUT2D eigenvalue weighted by Crippen LogP contribution is 2.48. The van der Waals surface area contributed by atoms with Crippen LogP contribution in [-0.4, -0.2) is 23.4 Å². The third kappa shape index (κ3) is 16.3. The number of hydrogen-bond acceptors (Lipinski definition) is 1. The van der Waals surface area contributed by atoms with E-state index in [1.165, 1.54) is 233 Å². The van der Waals surface area contributed by atoms with Crippen LogP contribution >= 0.6 is 0 Å². The van der Waals surface area contributed by atoms with Crippen molar-refractivity contribution in [2.24, 2.45) is 0 Å². The summed E-state index contributed by atoms with van der Waals surface area (Å²) in [4.78, 5) is 2.66. The molecule has 0 saturated heterocycles. The van der Waals surface area contributed by atoms with Gasteiger partial charge in [-0.1, -0.05) is 250 Å². The summed E-state index contributed by atoms with van der Waals surface area (Å²) in [6, 6.07) is 18.4. The minimum atomic E-state index is -0.0115. The molecule has 0 aliphatic carbocycles. The number of fused-ring (bicyclic) bond motifs is 2. The van der Waals surface area contributed by atoms with Crippen molar-refractivity contribution in [2.45, 2.75) is 251 Å². The fraction of sp³-hybridized carbons (Fsp3) is 0.707. The standard InChI is InChI=1S/C58H95N2/c1-7-9-11-13-15-17-19-21-23-25-27-29-31-33-35-41-50-60-54-46-39-37-44-52(54)58(5,6)56(60)48-42-47-55-57(3,4)51-43-36-38-45-53(51)59(55)49-40-34-32-30-28-26-24-22-20-18-16-14-12-10-8-2/h36-39,42-48H,7-35,40-41,49-50H2,1-6H3/q+1. The topological polar surface area (TPSA) is 6.25 Å². The molecule has 60 heavy (non-hydrogen) atoms. The van der Waals surface area contributed by atoms with Crippen LogP contribution in [0.25, 0.3) is 0 Å². The molecule has 0 fully saturated rings. The molecule has 0 N–H and O–H groups in total. The Labute approximate surface area is 373 Å². The van der Waals surface area contributed by atoms with E-state index in [9.17, 15) is 0 Å². The van der Waals surface area contributed by atoms with Gasteiger partial charge in [0.25, 0.3) is 0 Å². The third-order valence-corrected chi connectivity index (χ3v) is 14.3. The van der Waals surface area contributed by atoms with E-state index in [1.807, 2.05) is 0 Å².